The molecule has 0 heterocycles. The van der Waals surface area contributed by atoms with Crippen LogP contribution in [0.3, 0.4) is 0 Å². The molecule has 4 rings (SSSR count). The topological polar surface area (TPSA) is 26.3 Å². The lowest BCUT2D eigenvalue weighted by molar-refractivity contribution is -0.147. The van der Waals surface area contributed by atoms with Crippen molar-refractivity contribution in [2.24, 2.45) is 52.3 Å². The first-order chi connectivity index (χ1) is 15.1. The van der Waals surface area contributed by atoms with Crippen molar-refractivity contribution in [3.05, 3.63) is 12.2 Å². The van der Waals surface area contributed by atoms with Crippen molar-refractivity contribution in [2.75, 3.05) is 0 Å². The maximum Gasteiger partial charge on any atom is 0.303 e. The monoisotopic (exact) mass is 506 g/mol. The van der Waals surface area contributed by atoms with Crippen LogP contribution in [-0.4, -0.2) is 16.9 Å². The molecule has 0 radical (unpaired) electrons. The largest absolute Gasteiger partial charge is 0.458 e. The fourth-order valence-corrected chi connectivity index (χ4v) is 10.2. The van der Waals surface area contributed by atoms with Crippen molar-refractivity contribution in [1.82, 2.24) is 0 Å². The first-order valence-corrected chi connectivity index (χ1v) is 14.5. The molecule has 0 amide bonds. The number of carbonyl (C=O) groups excluding carboxylic acids is 1. The van der Waals surface area contributed by atoms with Gasteiger partial charge in [-0.15, -0.1) is 0 Å². The molecule has 32 heavy (non-hydrogen) atoms. The standard InChI is InChI=1S/C29H47BrO2/c1-18(2)8-7-9-19(3)23-10-11-24-27-25(13-15-29(23,24)6)28(5)14-12-22(32-20(4)31)16-21(28)17-26(27)30/h12,14,18-19,21-27H,7-11,13,15-17H2,1-6H3/t19-,21?,22?,23-,24+,25+,26?,27+,28+,29-/m1/s1. The van der Waals surface area contributed by atoms with E-state index in [1.165, 1.54) is 58.3 Å². The molecule has 0 aromatic carbocycles. The number of hydrogen-bond acceptors (Lipinski definition) is 2. The summed E-state index contributed by atoms with van der Waals surface area (Å²) in [6.45, 7) is 14.0. The van der Waals surface area contributed by atoms with Crippen molar-refractivity contribution < 1.29 is 9.53 Å². The van der Waals surface area contributed by atoms with E-state index in [0.717, 1.165) is 41.9 Å². The van der Waals surface area contributed by atoms with Gasteiger partial charge in [0.1, 0.15) is 6.10 Å². The Kier molecular flexibility index (Phi) is 7.27. The summed E-state index contributed by atoms with van der Waals surface area (Å²) >= 11 is 4.23. The summed E-state index contributed by atoms with van der Waals surface area (Å²) in [6.07, 6.45) is 16.7. The molecule has 0 aromatic heterocycles. The van der Waals surface area contributed by atoms with Crippen LogP contribution in [0.15, 0.2) is 12.2 Å². The van der Waals surface area contributed by atoms with Gasteiger partial charge >= 0.3 is 5.97 Å². The maximum absolute atomic E-state index is 11.5. The third kappa shape index (κ3) is 4.38. The minimum atomic E-state index is -0.153. The minimum Gasteiger partial charge on any atom is -0.458 e. The van der Waals surface area contributed by atoms with E-state index in [9.17, 15) is 4.79 Å². The van der Waals surface area contributed by atoms with Crippen LogP contribution in [0, 0.1) is 52.3 Å². The molecule has 0 N–H and O–H groups in total. The summed E-state index contributed by atoms with van der Waals surface area (Å²) in [7, 11) is 0. The first-order valence-electron chi connectivity index (χ1n) is 13.6. The van der Waals surface area contributed by atoms with E-state index in [1.54, 1.807) is 0 Å². The predicted octanol–water partition coefficient (Wildman–Crippen LogP) is 8.19. The van der Waals surface area contributed by atoms with Gasteiger partial charge < -0.3 is 4.74 Å². The summed E-state index contributed by atoms with van der Waals surface area (Å²) in [6, 6.07) is 0. The normalized spacial score (nSPS) is 46.3. The van der Waals surface area contributed by atoms with Crippen LogP contribution in [0.1, 0.15) is 99.3 Å². The zero-order valence-electron chi connectivity index (χ0n) is 21.4. The summed E-state index contributed by atoms with van der Waals surface area (Å²) in [4.78, 5) is 12.1. The molecule has 3 unspecified atom stereocenters. The van der Waals surface area contributed by atoms with E-state index in [4.69, 9.17) is 4.74 Å². The van der Waals surface area contributed by atoms with E-state index < -0.39 is 0 Å². The summed E-state index contributed by atoms with van der Waals surface area (Å²) in [5.41, 5.74) is 0.778. The van der Waals surface area contributed by atoms with E-state index >= 15 is 0 Å². The Hall–Kier alpha value is -0.310. The van der Waals surface area contributed by atoms with Crippen molar-refractivity contribution in [1.29, 1.82) is 0 Å². The number of halogens is 1. The summed E-state index contributed by atoms with van der Waals surface area (Å²) in [5.74, 6) is 5.46. The van der Waals surface area contributed by atoms with Gasteiger partial charge in [-0.2, -0.15) is 0 Å². The Morgan fingerprint density at radius 1 is 1.09 bits per heavy atom. The average molecular weight is 508 g/mol. The van der Waals surface area contributed by atoms with E-state index in [0.29, 0.717) is 16.2 Å². The number of esters is 1. The number of hydrogen-bond donors (Lipinski definition) is 0. The zero-order chi connectivity index (χ0) is 23.3. The van der Waals surface area contributed by atoms with Gasteiger partial charge in [0.25, 0.3) is 0 Å². The fraction of sp³-hybridized carbons (Fsp3) is 0.897. The van der Waals surface area contributed by atoms with E-state index in [2.05, 4.69) is 62.7 Å². The van der Waals surface area contributed by atoms with Crippen molar-refractivity contribution in [3.63, 3.8) is 0 Å². The quantitative estimate of drug-likeness (QED) is 0.206. The molecule has 0 saturated heterocycles. The highest BCUT2D eigenvalue weighted by Crippen LogP contribution is 2.68. The summed E-state index contributed by atoms with van der Waals surface area (Å²) in [5, 5.41) is 0. The van der Waals surface area contributed by atoms with Crippen LogP contribution in [0.5, 0.6) is 0 Å². The second-order valence-corrected chi connectivity index (χ2v) is 14.1. The smallest absolute Gasteiger partial charge is 0.303 e. The van der Waals surface area contributed by atoms with E-state index in [1.807, 2.05) is 0 Å². The molecule has 3 fully saturated rings. The van der Waals surface area contributed by atoms with Crippen molar-refractivity contribution >= 4 is 21.9 Å². The SMILES string of the molecule is CC(=O)OC1C=C[C@@]2(C)C(C1)CC(Br)[C@H]1[C@@H]3CC[C@H]([C@H](C)CCCC(C)C)[C@@]3(C)CC[C@@H]12. The Morgan fingerprint density at radius 3 is 2.53 bits per heavy atom. The third-order valence-corrected chi connectivity index (χ3v) is 11.6. The molecule has 3 saturated carbocycles. The van der Waals surface area contributed by atoms with Gasteiger partial charge in [-0.05, 0) is 96.9 Å². The number of ether oxygens (including phenoxy) is 1. The molecular formula is C29H47BrO2. The highest BCUT2D eigenvalue weighted by Gasteiger charge is 2.62. The molecule has 2 nitrogen and oxygen atoms in total. The third-order valence-electron chi connectivity index (χ3n) is 10.6. The Labute approximate surface area is 205 Å². The Morgan fingerprint density at radius 2 is 1.84 bits per heavy atom. The Bertz CT molecular complexity index is 716. The van der Waals surface area contributed by atoms with Gasteiger partial charge in [0, 0.05) is 11.8 Å². The molecule has 10 atom stereocenters. The van der Waals surface area contributed by atoms with Crippen LogP contribution in [0.25, 0.3) is 0 Å². The van der Waals surface area contributed by atoms with Crippen LogP contribution >= 0.6 is 15.9 Å². The molecule has 0 aliphatic heterocycles. The van der Waals surface area contributed by atoms with Crippen LogP contribution < -0.4 is 0 Å². The average Bonchev–Trinajstić information content (AvgIpc) is 3.05. The second-order valence-electron chi connectivity index (χ2n) is 12.9. The highest BCUT2D eigenvalue weighted by molar-refractivity contribution is 9.09. The van der Waals surface area contributed by atoms with E-state index in [-0.39, 0.29) is 17.5 Å². The van der Waals surface area contributed by atoms with Gasteiger partial charge in [-0.25, -0.2) is 0 Å². The molecule has 3 heteroatoms. The number of carbonyl (C=O) groups is 1. The van der Waals surface area contributed by atoms with Crippen molar-refractivity contribution in [2.45, 2.75) is 110 Å². The van der Waals surface area contributed by atoms with Crippen molar-refractivity contribution in [3.8, 4) is 0 Å². The first kappa shape index (κ1) is 24.8. The predicted molar refractivity (Wildman–Crippen MR) is 137 cm³/mol. The molecular weight excluding hydrogens is 460 g/mol. The molecule has 0 aromatic rings. The zero-order valence-corrected chi connectivity index (χ0v) is 23.0. The van der Waals surface area contributed by atoms with Gasteiger partial charge in [-0.3, -0.25) is 4.79 Å². The lowest BCUT2D eigenvalue weighted by atomic mass is 9.45. The molecule has 4 aliphatic rings. The highest BCUT2D eigenvalue weighted by atomic mass is 79.9. The number of fused-ring (bicyclic) bond motifs is 5. The molecule has 182 valence electrons. The lowest BCUT2D eigenvalue weighted by Crippen LogP contribution is -2.56. The number of alkyl halides is 1. The van der Waals surface area contributed by atoms with Gasteiger partial charge in [0.2, 0.25) is 0 Å². The van der Waals surface area contributed by atoms with Crippen LogP contribution in [0.2, 0.25) is 0 Å². The second kappa shape index (κ2) is 9.38. The lowest BCUT2D eigenvalue weighted by Gasteiger charge is -2.61. The summed E-state index contributed by atoms with van der Waals surface area (Å²) < 4.78 is 5.59. The van der Waals surface area contributed by atoms with Gasteiger partial charge in [0.05, 0.1) is 0 Å². The maximum atomic E-state index is 11.5. The molecule has 0 bridgehead atoms. The number of rotatable bonds is 6. The Balaban J connectivity index is 1.51. The molecule has 0 spiro atoms. The van der Waals surface area contributed by atoms with Crippen LogP contribution in [0.4, 0.5) is 0 Å². The fourth-order valence-electron chi connectivity index (χ4n) is 9.02. The number of allylic oxidation sites excluding steroid dienone is 1. The van der Waals surface area contributed by atoms with Crippen LogP contribution in [-0.2, 0) is 9.53 Å². The molecule has 4 aliphatic carbocycles. The van der Waals surface area contributed by atoms with Gasteiger partial charge in [0.15, 0.2) is 0 Å². The van der Waals surface area contributed by atoms with Gasteiger partial charge in [-0.1, -0.05) is 75.9 Å². The minimum absolute atomic E-state index is 0.0294.